The van der Waals surface area contributed by atoms with Gasteiger partial charge in [0.2, 0.25) is 12.7 Å². The second-order valence-electron chi connectivity index (χ2n) is 7.59. The number of carbonyl (C=O) groups excluding carboxylic acids is 1. The summed E-state index contributed by atoms with van der Waals surface area (Å²) in [5.41, 5.74) is 2.22. The molecule has 0 aliphatic carbocycles. The normalized spacial score (nSPS) is 12.3. The van der Waals surface area contributed by atoms with Gasteiger partial charge in [0.05, 0.1) is 17.7 Å². The van der Waals surface area contributed by atoms with Crippen molar-refractivity contribution in [2.75, 3.05) is 30.1 Å². The van der Waals surface area contributed by atoms with Crippen LogP contribution in [0.2, 0.25) is 0 Å². The Hall–Kier alpha value is -3.72. The molecule has 1 aliphatic heterocycles. The van der Waals surface area contributed by atoms with Crippen molar-refractivity contribution in [3.63, 3.8) is 0 Å². The first-order chi connectivity index (χ1) is 15.8. The lowest BCUT2D eigenvalue weighted by molar-refractivity contribution is -0.114. The van der Waals surface area contributed by atoms with E-state index in [2.05, 4.69) is 5.32 Å². The number of hydrogen-bond acceptors (Lipinski definition) is 6. The van der Waals surface area contributed by atoms with Crippen molar-refractivity contribution in [3.05, 3.63) is 71.8 Å². The predicted octanol–water partition coefficient (Wildman–Crippen LogP) is 3.87. The van der Waals surface area contributed by atoms with E-state index < -0.39 is 22.5 Å². The number of hydrogen-bond donors (Lipinski definition) is 1. The van der Waals surface area contributed by atoms with Crippen molar-refractivity contribution >= 4 is 27.3 Å². The van der Waals surface area contributed by atoms with Crippen molar-refractivity contribution < 1.29 is 27.4 Å². The van der Waals surface area contributed by atoms with Crippen LogP contribution in [0.1, 0.15) is 11.1 Å². The molecule has 0 saturated carbocycles. The van der Waals surface area contributed by atoms with Gasteiger partial charge in [-0.1, -0.05) is 12.1 Å². The maximum Gasteiger partial charge on any atom is 0.265 e. The Morgan fingerprint density at radius 3 is 2.45 bits per heavy atom. The summed E-state index contributed by atoms with van der Waals surface area (Å²) < 4.78 is 44.3. The quantitative estimate of drug-likeness (QED) is 0.566. The van der Waals surface area contributed by atoms with Gasteiger partial charge in [0, 0.05) is 11.8 Å². The summed E-state index contributed by atoms with van der Waals surface area (Å²) in [4.78, 5) is 13.1. The van der Waals surface area contributed by atoms with E-state index >= 15 is 0 Å². The van der Waals surface area contributed by atoms with Crippen LogP contribution in [0.15, 0.2) is 65.6 Å². The first-order valence-corrected chi connectivity index (χ1v) is 11.7. The second kappa shape index (κ2) is 9.03. The largest absolute Gasteiger partial charge is 0.497 e. The zero-order valence-electron chi connectivity index (χ0n) is 18.5. The SMILES string of the molecule is COc1ccc(N(CC(=O)Nc2ccc3c(c2)OCO3)S(=O)(=O)c2cc(C)ccc2C)cc1. The van der Waals surface area contributed by atoms with Gasteiger partial charge < -0.3 is 19.5 Å². The highest BCUT2D eigenvalue weighted by Gasteiger charge is 2.29. The Bertz CT molecular complexity index is 1290. The van der Waals surface area contributed by atoms with E-state index in [9.17, 15) is 13.2 Å². The Labute approximate surface area is 192 Å². The molecule has 33 heavy (non-hydrogen) atoms. The summed E-state index contributed by atoms with van der Waals surface area (Å²) in [5.74, 6) is 1.18. The van der Waals surface area contributed by atoms with Gasteiger partial charge >= 0.3 is 0 Å². The Kier molecular flexibility index (Phi) is 6.15. The van der Waals surface area contributed by atoms with Gasteiger partial charge in [-0.05, 0) is 67.4 Å². The molecular formula is C24H24N2O6S. The molecule has 8 nitrogen and oxygen atoms in total. The lowest BCUT2D eigenvalue weighted by Crippen LogP contribution is -2.38. The van der Waals surface area contributed by atoms with Crippen LogP contribution in [-0.4, -0.2) is 34.8 Å². The minimum absolute atomic E-state index is 0.117. The fraction of sp³-hybridized carbons (Fsp3) is 0.208. The van der Waals surface area contributed by atoms with Gasteiger partial charge in [0.25, 0.3) is 10.0 Å². The third kappa shape index (κ3) is 4.73. The van der Waals surface area contributed by atoms with Crippen LogP contribution in [0.3, 0.4) is 0 Å². The second-order valence-corrected chi connectivity index (χ2v) is 9.43. The molecular weight excluding hydrogens is 444 g/mol. The molecule has 4 rings (SSSR count). The van der Waals surface area contributed by atoms with E-state index in [0.29, 0.717) is 34.2 Å². The molecule has 0 bridgehead atoms. The van der Waals surface area contributed by atoms with E-state index in [-0.39, 0.29) is 11.7 Å². The smallest absolute Gasteiger partial charge is 0.265 e. The molecule has 0 saturated heterocycles. The van der Waals surface area contributed by atoms with E-state index in [1.165, 1.54) is 7.11 Å². The van der Waals surface area contributed by atoms with Crippen LogP contribution >= 0.6 is 0 Å². The molecule has 0 unspecified atom stereocenters. The molecule has 1 heterocycles. The number of ether oxygens (including phenoxy) is 3. The molecule has 9 heteroatoms. The number of carbonyl (C=O) groups is 1. The molecule has 1 amide bonds. The minimum atomic E-state index is -4.04. The van der Waals surface area contributed by atoms with E-state index in [0.717, 1.165) is 9.87 Å². The first-order valence-electron chi connectivity index (χ1n) is 10.2. The van der Waals surface area contributed by atoms with Gasteiger partial charge in [-0.15, -0.1) is 0 Å². The van der Waals surface area contributed by atoms with Crippen LogP contribution in [-0.2, 0) is 14.8 Å². The summed E-state index contributed by atoms with van der Waals surface area (Å²) in [6.07, 6.45) is 0. The molecule has 0 atom stereocenters. The number of benzene rings is 3. The number of methoxy groups -OCH3 is 1. The Balaban J connectivity index is 1.66. The van der Waals surface area contributed by atoms with Crippen LogP contribution < -0.4 is 23.8 Å². The van der Waals surface area contributed by atoms with Crippen molar-refractivity contribution in [3.8, 4) is 17.2 Å². The maximum absolute atomic E-state index is 13.7. The van der Waals surface area contributed by atoms with Crippen molar-refractivity contribution in [2.24, 2.45) is 0 Å². The molecule has 3 aromatic carbocycles. The van der Waals surface area contributed by atoms with Crippen LogP contribution in [0.4, 0.5) is 11.4 Å². The number of nitrogens with zero attached hydrogens (tertiary/aromatic N) is 1. The third-order valence-electron chi connectivity index (χ3n) is 5.22. The highest BCUT2D eigenvalue weighted by Crippen LogP contribution is 2.34. The molecule has 1 aliphatic rings. The molecule has 0 fully saturated rings. The van der Waals surface area contributed by atoms with E-state index in [1.807, 2.05) is 13.0 Å². The number of anilines is 2. The molecule has 1 N–H and O–H groups in total. The standard InChI is InChI=1S/C24H24N2O6S/c1-16-4-5-17(2)23(12-16)33(28,29)26(19-7-9-20(30-3)10-8-19)14-24(27)25-18-6-11-21-22(13-18)32-15-31-21/h4-13H,14-15H2,1-3H3,(H,25,27). The average Bonchev–Trinajstić information content (AvgIpc) is 3.27. The highest BCUT2D eigenvalue weighted by atomic mass is 32.2. The monoisotopic (exact) mass is 468 g/mol. The molecule has 3 aromatic rings. The first kappa shape index (κ1) is 22.5. The molecule has 0 spiro atoms. The Morgan fingerprint density at radius 2 is 1.73 bits per heavy atom. The molecule has 0 radical (unpaired) electrons. The fourth-order valence-electron chi connectivity index (χ4n) is 3.47. The summed E-state index contributed by atoms with van der Waals surface area (Å²) in [5, 5.41) is 2.74. The van der Waals surface area contributed by atoms with Gasteiger partial charge in [-0.2, -0.15) is 0 Å². The summed E-state index contributed by atoms with van der Waals surface area (Å²) >= 11 is 0. The highest BCUT2D eigenvalue weighted by molar-refractivity contribution is 7.93. The van der Waals surface area contributed by atoms with Crippen LogP contribution in [0.5, 0.6) is 17.2 Å². The number of amides is 1. The zero-order valence-corrected chi connectivity index (χ0v) is 19.3. The summed E-state index contributed by atoms with van der Waals surface area (Å²) in [6, 6.07) is 16.7. The predicted molar refractivity (Wildman–Crippen MR) is 125 cm³/mol. The number of fused-ring (bicyclic) bond motifs is 1. The van der Waals surface area contributed by atoms with Gasteiger partial charge in [0.15, 0.2) is 11.5 Å². The van der Waals surface area contributed by atoms with Gasteiger partial charge in [-0.3, -0.25) is 9.10 Å². The number of nitrogens with one attached hydrogen (secondary N) is 1. The lowest BCUT2D eigenvalue weighted by atomic mass is 10.2. The van der Waals surface area contributed by atoms with Crippen molar-refractivity contribution in [1.82, 2.24) is 0 Å². The fourth-order valence-corrected chi connectivity index (χ4v) is 5.21. The van der Waals surface area contributed by atoms with Crippen LogP contribution in [0, 0.1) is 13.8 Å². The van der Waals surface area contributed by atoms with Crippen molar-refractivity contribution in [1.29, 1.82) is 0 Å². The molecule has 172 valence electrons. The van der Waals surface area contributed by atoms with Crippen molar-refractivity contribution in [2.45, 2.75) is 18.7 Å². The van der Waals surface area contributed by atoms with E-state index in [1.54, 1.807) is 61.5 Å². The third-order valence-corrected chi connectivity index (χ3v) is 7.13. The topological polar surface area (TPSA) is 94.2 Å². The number of sulfonamides is 1. The van der Waals surface area contributed by atoms with Gasteiger partial charge in [-0.25, -0.2) is 8.42 Å². The average molecular weight is 469 g/mol. The number of rotatable bonds is 7. The Morgan fingerprint density at radius 1 is 1.00 bits per heavy atom. The number of aryl methyl sites for hydroxylation is 2. The minimum Gasteiger partial charge on any atom is -0.497 e. The lowest BCUT2D eigenvalue weighted by Gasteiger charge is -2.25. The molecule has 0 aromatic heterocycles. The van der Waals surface area contributed by atoms with Crippen LogP contribution in [0.25, 0.3) is 0 Å². The van der Waals surface area contributed by atoms with E-state index in [4.69, 9.17) is 14.2 Å². The van der Waals surface area contributed by atoms with Gasteiger partial charge in [0.1, 0.15) is 12.3 Å². The summed E-state index contributed by atoms with van der Waals surface area (Å²) in [7, 11) is -2.51. The maximum atomic E-state index is 13.7. The zero-order chi connectivity index (χ0) is 23.6. The summed E-state index contributed by atoms with van der Waals surface area (Å²) in [6.45, 7) is 3.25.